The molecule has 0 aliphatic carbocycles. The number of fused-ring (bicyclic) bond motifs is 1. The van der Waals surface area contributed by atoms with Crippen LogP contribution in [-0.2, 0) is 16.4 Å². The van der Waals surface area contributed by atoms with Gasteiger partial charge in [0.25, 0.3) is 5.91 Å². The van der Waals surface area contributed by atoms with Crippen LogP contribution in [0.25, 0.3) is 11.0 Å². The Morgan fingerprint density at radius 3 is 2.48 bits per heavy atom. The zero-order valence-electron chi connectivity index (χ0n) is 16.5. The fraction of sp³-hybridized carbons (Fsp3) is 0.0870. The van der Waals surface area contributed by atoms with Crippen LogP contribution in [0.4, 0.5) is 0 Å². The van der Waals surface area contributed by atoms with Gasteiger partial charge in [-0.3, -0.25) is 14.6 Å². The van der Waals surface area contributed by atoms with E-state index in [0.717, 1.165) is 5.39 Å². The number of pyridine rings is 1. The number of nitrogens with zero attached hydrogens (tertiary/aromatic N) is 1. The molecule has 156 valence electrons. The summed E-state index contributed by atoms with van der Waals surface area (Å²) >= 11 is 0. The number of aromatic nitrogens is 1. The minimum atomic E-state index is -3.85. The molecule has 0 bridgehead atoms. The smallest absolute Gasteiger partial charge is 0.287 e. The average Bonchev–Trinajstić information content (AvgIpc) is 3.22. The fourth-order valence-corrected chi connectivity index (χ4v) is 4.68. The Morgan fingerprint density at radius 2 is 1.77 bits per heavy atom. The Morgan fingerprint density at radius 1 is 1.03 bits per heavy atom. The lowest BCUT2D eigenvalue weighted by Gasteiger charge is -2.09. The van der Waals surface area contributed by atoms with Crippen LogP contribution < -0.4 is 5.32 Å². The number of furan rings is 1. The van der Waals surface area contributed by atoms with E-state index in [9.17, 15) is 18.0 Å². The quantitative estimate of drug-likeness (QED) is 0.463. The molecule has 2 aromatic carbocycles. The number of ketones is 1. The molecule has 7 nitrogen and oxygen atoms in total. The van der Waals surface area contributed by atoms with E-state index in [1.54, 1.807) is 42.6 Å². The molecule has 1 N–H and O–H groups in total. The van der Waals surface area contributed by atoms with E-state index in [-0.39, 0.29) is 39.3 Å². The molecule has 4 rings (SSSR count). The van der Waals surface area contributed by atoms with Crippen LogP contribution >= 0.6 is 0 Å². The fourth-order valence-electron chi connectivity index (χ4n) is 3.17. The Hall–Kier alpha value is -3.78. The van der Waals surface area contributed by atoms with Gasteiger partial charge in [0.05, 0.1) is 16.0 Å². The van der Waals surface area contributed by atoms with E-state index in [0.29, 0.717) is 11.1 Å². The Kier molecular flexibility index (Phi) is 5.39. The zero-order valence-corrected chi connectivity index (χ0v) is 17.3. The molecule has 31 heavy (non-hydrogen) atoms. The van der Waals surface area contributed by atoms with Gasteiger partial charge in [-0.05, 0) is 42.8 Å². The van der Waals surface area contributed by atoms with Crippen LogP contribution in [0.1, 0.15) is 33.4 Å². The maximum Gasteiger partial charge on any atom is 0.287 e. The van der Waals surface area contributed by atoms with E-state index in [1.807, 2.05) is 0 Å². The molecule has 2 heterocycles. The number of carbonyl (C=O) groups excluding carboxylic acids is 2. The second-order valence-electron chi connectivity index (χ2n) is 6.91. The van der Waals surface area contributed by atoms with Crippen molar-refractivity contribution in [1.29, 1.82) is 0 Å². The minimum Gasteiger partial charge on any atom is -0.449 e. The van der Waals surface area contributed by atoms with Crippen LogP contribution in [0.5, 0.6) is 0 Å². The molecule has 0 unspecified atom stereocenters. The normalized spacial score (nSPS) is 11.4. The van der Waals surface area contributed by atoms with Crippen molar-refractivity contribution < 1.29 is 22.4 Å². The molecule has 2 aromatic heterocycles. The monoisotopic (exact) mass is 434 g/mol. The number of nitrogens with one attached hydrogen (secondary N) is 1. The van der Waals surface area contributed by atoms with Crippen LogP contribution in [0.15, 0.2) is 87.3 Å². The highest BCUT2D eigenvalue weighted by atomic mass is 32.2. The lowest BCUT2D eigenvalue weighted by atomic mass is 10.1. The highest BCUT2D eigenvalue weighted by Gasteiger charge is 2.22. The van der Waals surface area contributed by atoms with Gasteiger partial charge in [0.2, 0.25) is 9.84 Å². The molecular weight excluding hydrogens is 416 g/mol. The predicted molar refractivity (Wildman–Crippen MR) is 114 cm³/mol. The number of amides is 1. The van der Waals surface area contributed by atoms with Crippen molar-refractivity contribution >= 4 is 32.5 Å². The van der Waals surface area contributed by atoms with E-state index in [2.05, 4.69) is 10.3 Å². The van der Waals surface area contributed by atoms with Crippen molar-refractivity contribution in [1.82, 2.24) is 10.3 Å². The Bertz CT molecular complexity index is 1360. The number of sulfone groups is 1. The van der Waals surface area contributed by atoms with Crippen molar-refractivity contribution in [2.75, 3.05) is 0 Å². The van der Waals surface area contributed by atoms with Crippen LogP contribution in [0.2, 0.25) is 0 Å². The minimum absolute atomic E-state index is 0.0251. The summed E-state index contributed by atoms with van der Waals surface area (Å²) in [6.07, 6.45) is 3.15. The van der Waals surface area contributed by atoms with Crippen LogP contribution in [0, 0.1) is 0 Å². The van der Waals surface area contributed by atoms with Gasteiger partial charge in [-0.25, -0.2) is 8.42 Å². The van der Waals surface area contributed by atoms with Gasteiger partial charge < -0.3 is 9.73 Å². The molecule has 0 saturated heterocycles. The topological polar surface area (TPSA) is 106 Å². The maximum atomic E-state index is 13.0. The van der Waals surface area contributed by atoms with E-state index in [1.165, 1.54) is 37.4 Å². The molecule has 0 saturated carbocycles. The summed E-state index contributed by atoms with van der Waals surface area (Å²) in [7, 11) is -3.85. The summed E-state index contributed by atoms with van der Waals surface area (Å²) < 4.78 is 31.4. The molecule has 0 aliphatic rings. The SMILES string of the molecule is CC(=O)c1ccccc1S(=O)(=O)c1ccc(CNC(=O)c2cc3ccncc3o2)cc1. The number of Topliss-reactive ketones (excluding diaryl/α,β-unsaturated/α-hetero) is 1. The molecule has 1 amide bonds. The van der Waals surface area contributed by atoms with E-state index < -0.39 is 9.84 Å². The van der Waals surface area contributed by atoms with Gasteiger partial charge in [-0.15, -0.1) is 0 Å². The number of hydrogen-bond acceptors (Lipinski definition) is 6. The summed E-state index contributed by atoms with van der Waals surface area (Å²) in [6, 6.07) is 15.7. The molecule has 0 aliphatic heterocycles. The summed E-state index contributed by atoms with van der Waals surface area (Å²) in [5, 5.41) is 3.52. The molecule has 0 atom stereocenters. The first kappa shape index (κ1) is 20.5. The van der Waals surface area contributed by atoms with E-state index in [4.69, 9.17) is 4.42 Å². The first-order valence-electron chi connectivity index (χ1n) is 9.42. The van der Waals surface area contributed by atoms with Crippen LogP contribution in [0.3, 0.4) is 0 Å². The highest BCUT2D eigenvalue weighted by Crippen LogP contribution is 2.25. The largest absolute Gasteiger partial charge is 0.449 e. The Balaban J connectivity index is 1.49. The lowest BCUT2D eigenvalue weighted by molar-refractivity contribution is 0.0924. The van der Waals surface area contributed by atoms with Gasteiger partial charge in [0.15, 0.2) is 17.1 Å². The molecule has 8 heteroatoms. The summed E-state index contributed by atoms with van der Waals surface area (Å²) in [5.74, 6) is -0.536. The van der Waals surface area contributed by atoms with E-state index >= 15 is 0 Å². The number of benzene rings is 2. The standard InChI is InChI=1S/C23H18N2O5S/c1-15(26)19-4-2-3-5-22(19)31(28,29)18-8-6-16(7-9-18)13-25-23(27)20-12-17-10-11-24-14-21(17)30-20/h2-12,14H,13H2,1H3,(H,25,27). The number of carbonyl (C=O) groups is 2. The Labute approximate surface area is 178 Å². The molecule has 0 fully saturated rings. The third-order valence-corrected chi connectivity index (χ3v) is 6.62. The van der Waals surface area contributed by atoms with Gasteiger partial charge >= 0.3 is 0 Å². The van der Waals surface area contributed by atoms with Crippen molar-refractivity contribution in [3.63, 3.8) is 0 Å². The molecule has 0 spiro atoms. The van der Waals surface area contributed by atoms with Crippen molar-refractivity contribution in [2.45, 2.75) is 23.3 Å². The third-order valence-electron chi connectivity index (χ3n) is 4.79. The summed E-state index contributed by atoms with van der Waals surface area (Å²) in [5.41, 5.74) is 1.39. The highest BCUT2D eigenvalue weighted by molar-refractivity contribution is 7.91. The summed E-state index contributed by atoms with van der Waals surface area (Å²) in [4.78, 5) is 28.1. The third kappa shape index (κ3) is 4.10. The van der Waals surface area contributed by atoms with Crippen molar-refractivity contribution in [3.8, 4) is 0 Å². The average molecular weight is 434 g/mol. The van der Waals surface area contributed by atoms with Gasteiger partial charge in [0.1, 0.15) is 0 Å². The number of hydrogen-bond donors (Lipinski definition) is 1. The first-order chi connectivity index (χ1) is 14.9. The summed E-state index contributed by atoms with van der Waals surface area (Å²) in [6.45, 7) is 1.52. The first-order valence-corrected chi connectivity index (χ1v) is 10.9. The van der Waals surface area contributed by atoms with Gasteiger partial charge in [-0.1, -0.05) is 30.3 Å². The van der Waals surface area contributed by atoms with Crippen LogP contribution in [-0.4, -0.2) is 25.1 Å². The molecule has 4 aromatic rings. The van der Waals surface area contributed by atoms with Crippen molar-refractivity contribution in [2.24, 2.45) is 0 Å². The van der Waals surface area contributed by atoms with Crippen molar-refractivity contribution in [3.05, 3.63) is 89.9 Å². The zero-order chi connectivity index (χ0) is 22.0. The van der Waals surface area contributed by atoms with Gasteiger partial charge in [0, 0.05) is 23.7 Å². The molecular formula is C23H18N2O5S. The lowest BCUT2D eigenvalue weighted by Crippen LogP contribution is -2.22. The maximum absolute atomic E-state index is 13.0. The second kappa shape index (κ2) is 8.16. The molecule has 0 radical (unpaired) electrons. The number of rotatable bonds is 6. The second-order valence-corrected chi connectivity index (χ2v) is 8.82. The predicted octanol–water partition coefficient (Wildman–Crippen LogP) is 3.79. The van der Waals surface area contributed by atoms with Gasteiger partial charge in [-0.2, -0.15) is 0 Å².